The molecule has 0 spiro atoms. The van der Waals surface area contributed by atoms with E-state index in [1.807, 2.05) is 24.3 Å². The van der Waals surface area contributed by atoms with Gasteiger partial charge in [-0.15, -0.1) is 10.2 Å². The van der Waals surface area contributed by atoms with E-state index in [9.17, 15) is 4.79 Å². The van der Waals surface area contributed by atoms with E-state index in [-0.39, 0.29) is 11.9 Å². The number of piperidine rings is 3. The van der Waals surface area contributed by atoms with Gasteiger partial charge in [-0.2, -0.15) is 0 Å². The lowest BCUT2D eigenvalue weighted by molar-refractivity contribution is 0.0217. The van der Waals surface area contributed by atoms with Crippen LogP contribution in [0.4, 0.5) is 0 Å². The molecule has 0 radical (unpaired) electrons. The zero-order valence-corrected chi connectivity index (χ0v) is 15.3. The second kappa shape index (κ2) is 6.80. The average Bonchev–Trinajstić information content (AvgIpc) is 3.04. The zero-order chi connectivity index (χ0) is 17.4. The molecule has 2 atom stereocenters. The van der Waals surface area contributed by atoms with E-state index in [0.717, 1.165) is 4.90 Å². The van der Waals surface area contributed by atoms with E-state index in [1.165, 1.54) is 37.7 Å². The van der Waals surface area contributed by atoms with Crippen LogP contribution in [-0.4, -0.2) is 46.2 Å². The van der Waals surface area contributed by atoms with Crippen molar-refractivity contribution in [2.45, 2.75) is 48.9 Å². The first kappa shape index (κ1) is 16.6. The van der Waals surface area contributed by atoms with Gasteiger partial charge in [-0.1, -0.05) is 0 Å². The highest BCUT2D eigenvalue weighted by molar-refractivity contribution is 7.99. The van der Waals surface area contributed by atoms with Gasteiger partial charge in [0, 0.05) is 29.5 Å². The molecule has 1 amide bonds. The van der Waals surface area contributed by atoms with Crippen LogP contribution in [0.2, 0.25) is 0 Å². The summed E-state index contributed by atoms with van der Waals surface area (Å²) >= 11 is 1.40. The number of benzene rings is 1. The first-order valence-electron chi connectivity index (χ1n) is 8.73. The third-order valence-corrected chi connectivity index (χ3v) is 6.15. The number of hydrogen-bond donors (Lipinski definition) is 1. The monoisotopic (exact) mass is 358 g/mol. The second-order valence-electron chi connectivity index (χ2n) is 6.83. The first-order valence-corrected chi connectivity index (χ1v) is 9.55. The zero-order valence-electron chi connectivity index (χ0n) is 14.4. The van der Waals surface area contributed by atoms with Crippen LogP contribution >= 0.6 is 11.8 Å². The van der Waals surface area contributed by atoms with E-state index < -0.39 is 0 Å². The molecule has 2 aromatic rings. The molecule has 2 bridgehead atoms. The number of fused-ring (bicyclic) bond motifs is 3. The number of nitrogens with one attached hydrogen (secondary N) is 1. The molecular formula is C18H22N4O2S. The highest BCUT2D eigenvalue weighted by Crippen LogP contribution is 2.32. The predicted octanol–water partition coefficient (Wildman–Crippen LogP) is 2.74. The van der Waals surface area contributed by atoms with Crippen LogP contribution in [0.15, 0.2) is 38.8 Å². The van der Waals surface area contributed by atoms with Gasteiger partial charge in [0.1, 0.15) is 0 Å². The van der Waals surface area contributed by atoms with Crippen molar-refractivity contribution in [2.75, 3.05) is 13.1 Å². The summed E-state index contributed by atoms with van der Waals surface area (Å²) in [6, 6.07) is 8.22. The van der Waals surface area contributed by atoms with Crippen LogP contribution in [0, 0.1) is 12.8 Å². The number of carbonyl (C=O) groups excluding carboxylic acids is 1. The molecule has 25 heavy (non-hydrogen) atoms. The SMILES string of the molecule is Cc1nnc(Sc2ccc(C(=O)N[C@@H]3C4CCN(CC4)[C@H]3C)cc2)o1. The number of aromatic nitrogens is 2. The largest absolute Gasteiger partial charge is 0.416 e. The van der Waals surface area contributed by atoms with Gasteiger partial charge in [0.15, 0.2) is 0 Å². The normalized spacial score (nSPS) is 28.1. The predicted molar refractivity (Wildman–Crippen MR) is 94.6 cm³/mol. The number of nitrogens with zero attached hydrogens (tertiary/aromatic N) is 3. The minimum absolute atomic E-state index is 0.00999. The van der Waals surface area contributed by atoms with Crippen molar-refractivity contribution in [3.05, 3.63) is 35.7 Å². The highest BCUT2D eigenvalue weighted by Gasteiger charge is 2.40. The Bertz CT molecular complexity index is 751. The quantitative estimate of drug-likeness (QED) is 0.906. The number of aryl methyl sites for hydroxylation is 1. The maximum atomic E-state index is 12.6. The Morgan fingerprint density at radius 3 is 2.56 bits per heavy atom. The Hall–Kier alpha value is -1.86. The van der Waals surface area contributed by atoms with Crippen molar-refractivity contribution in [2.24, 2.45) is 5.92 Å². The van der Waals surface area contributed by atoms with Crippen molar-refractivity contribution >= 4 is 17.7 Å². The fourth-order valence-corrected chi connectivity index (χ4v) is 4.59. The Labute approximate surface area is 151 Å². The van der Waals surface area contributed by atoms with E-state index in [1.54, 1.807) is 6.92 Å². The van der Waals surface area contributed by atoms with Crippen LogP contribution in [0.25, 0.3) is 0 Å². The molecule has 6 nitrogen and oxygen atoms in total. The van der Waals surface area contributed by atoms with Gasteiger partial charge in [-0.05, 0) is 74.8 Å². The van der Waals surface area contributed by atoms with Crippen LogP contribution in [0.5, 0.6) is 0 Å². The van der Waals surface area contributed by atoms with Gasteiger partial charge in [0.05, 0.1) is 0 Å². The topological polar surface area (TPSA) is 71.3 Å². The summed E-state index contributed by atoms with van der Waals surface area (Å²) in [5.41, 5.74) is 0.690. The minimum atomic E-state index is 0.00999. The van der Waals surface area contributed by atoms with Crippen LogP contribution in [-0.2, 0) is 0 Å². The Balaban J connectivity index is 1.40. The number of amides is 1. The molecule has 1 aromatic heterocycles. The Morgan fingerprint density at radius 1 is 1.24 bits per heavy atom. The van der Waals surface area contributed by atoms with E-state index in [2.05, 4.69) is 27.3 Å². The third kappa shape index (κ3) is 3.43. The lowest BCUT2D eigenvalue weighted by Crippen LogP contribution is -2.62. The molecule has 1 N–H and O–H groups in total. The highest BCUT2D eigenvalue weighted by atomic mass is 32.2. The standard InChI is InChI=1S/C18H22N4O2S/c1-11-16(13-7-9-22(11)10-8-13)19-17(23)14-3-5-15(6-4-14)25-18-21-20-12(2)24-18/h3-6,11,13,16H,7-10H2,1-2H3,(H,19,23)/t11-,16-/m0/s1. The van der Waals surface area contributed by atoms with Crippen molar-refractivity contribution in [3.8, 4) is 0 Å². The van der Waals surface area contributed by atoms with E-state index in [0.29, 0.717) is 28.6 Å². The van der Waals surface area contributed by atoms with Crippen molar-refractivity contribution < 1.29 is 9.21 Å². The lowest BCUT2D eigenvalue weighted by Gasteiger charge is -2.49. The molecule has 132 valence electrons. The van der Waals surface area contributed by atoms with E-state index >= 15 is 0 Å². The molecule has 3 saturated heterocycles. The molecule has 3 fully saturated rings. The number of rotatable bonds is 4. The minimum Gasteiger partial charge on any atom is -0.416 e. The first-order chi connectivity index (χ1) is 12.1. The molecule has 0 saturated carbocycles. The summed E-state index contributed by atoms with van der Waals surface area (Å²) in [4.78, 5) is 16.1. The second-order valence-corrected chi connectivity index (χ2v) is 7.85. The summed E-state index contributed by atoms with van der Waals surface area (Å²) in [6.45, 7) is 6.32. The fraction of sp³-hybridized carbons (Fsp3) is 0.500. The maximum Gasteiger partial charge on any atom is 0.281 e. The molecule has 0 aliphatic carbocycles. The van der Waals surface area contributed by atoms with Crippen LogP contribution < -0.4 is 5.32 Å². The summed E-state index contributed by atoms with van der Waals surface area (Å²) < 4.78 is 5.36. The van der Waals surface area contributed by atoms with Gasteiger partial charge in [-0.25, -0.2) is 0 Å². The van der Waals surface area contributed by atoms with Gasteiger partial charge < -0.3 is 9.73 Å². The number of hydrogen-bond acceptors (Lipinski definition) is 6. The Morgan fingerprint density at radius 2 is 1.96 bits per heavy atom. The average molecular weight is 358 g/mol. The molecule has 0 unspecified atom stereocenters. The molecule has 3 aliphatic heterocycles. The number of carbonyl (C=O) groups is 1. The molecule has 1 aromatic carbocycles. The summed E-state index contributed by atoms with van der Waals surface area (Å²) in [5, 5.41) is 11.6. The van der Waals surface area contributed by atoms with Gasteiger partial charge in [0.2, 0.25) is 5.89 Å². The summed E-state index contributed by atoms with van der Waals surface area (Å²) in [5.74, 6) is 1.17. The Kier molecular flexibility index (Phi) is 4.52. The van der Waals surface area contributed by atoms with Gasteiger partial charge in [-0.3, -0.25) is 9.69 Å². The molecule has 7 heteroatoms. The van der Waals surface area contributed by atoms with Crippen molar-refractivity contribution in [3.63, 3.8) is 0 Å². The third-order valence-electron chi connectivity index (χ3n) is 5.30. The molecule has 3 aliphatic rings. The maximum absolute atomic E-state index is 12.6. The van der Waals surface area contributed by atoms with Crippen LogP contribution in [0.1, 0.15) is 36.0 Å². The van der Waals surface area contributed by atoms with Crippen molar-refractivity contribution in [1.82, 2.24) is 20.4 Å². The van der Waals surface area contributed by atoms with Crippen LogP contribution in [0.3, 0.4) is 0 Å². The molecule has 5 rings (SSSR count). The summed E-state index contributed by atoms with van der Waals surface area (Å²) in [7, 11) is 0. The summed E-state index contributed by atoms with van der Waals surface area (Å²) in [6.07, 6.45) is 2.38. The molecule has 4 heterocycles. The smallest absolute Gasteiger partial charge is 0.281 e. The molecular weight excluding hydrogens is 336 g/mol. The van der Waals surface area contributed by atoms with Crippen molar-refractivity contribution in [1.29, 1.82) is 0 Å². The fourth-order valence-electron chi connectivity index (χ4n) is 3.87. The van der Waals surface area contributed by atoms with E-state index in [4.69, 9.17) is 4.42 Å². The van der Waals surface area contributed by atoms with Gasteiger partial charge >= 0.3 is 0 Å². The lowest BCUT2D eigenvalue weighted by atomic mass is 9.79. The van der Waals surface area contributed by atoms with Gasteiger partial charge in [0.25, 0.3) is 11.1 Å².